The van der Waals surface area contributed by atoms with E-state index in [9.17, 15) is 9.59 Å². The minimum Gasteiger partial charge on any atom is -0.444 e. The van der Waals surface area contributed by atoms with Crippen LogP contribution in [0.3, 0.4) is 0 Å². The summed E-state index contributed by atoms with van der Waals surface area (Å²) >= 11 is 3.20. The molecule has 0 aliphatic heterocycles. The quantitative estimate of drug-likeness (QED) is 0.545. The first kappa shape index (κ1) is 21.8. The molecule has 156 valence electrons. The van der Waals surface area contributed by atoms with Crippen LogP contribution in [0.15, 0.2) is 69.8 Å². The van der Waals surface area contributed by atoms with Gasteiger partial charge in [-0.2, -0.15) is 0 Å². The van der Waals surface area contributed by atoms with Crippen molar-refractivity contribution >= 4 is 39.1 Å². The summed E-state index contributed by atoms with van der Waals surface area (Å²) in [4.78, 5) is 29.2. The lowest BCUT2D eigenvalue weighted by molar-refractivity contribution is 0.0965. The van der Waals surface area contributed by atoms with E-state index in [-0.39, 0.29) is 17.6 Å². The molecule has 1 heterocycles. The molecule has 2 aromatic carbocycles. The number of hydrogen-bond donors (Lipinski definition) is 1. The highest BCUT2D eigenvalue weighted by Gasteiger charge is 2.22. The van der Waals surface area contributed by atoms with Crippen LogP contribution >= 0.6 is 15.9 Å². The second kappa shape index (κ2) is 9.73. The van der Waals surface area contributed by atoms with Crippen LogP contribution in [0.25, 0.3) is 0 Å². The molecule has 0 atom stereocenters. The number of carbonyl (C=O) groups is 2. The number of anilines is 2. The third-order valence-corrected chi connectivity index (χ3v) is 5.08. The zero-order valence-electron chi connectivity index (χ0n) is 17.2. The lowest BCUT2D eigenvalue weighted by Crippen LogP contribution is -2.28. The molecular weight excluding hydrogens is 446 g/mol. The van der Waals surface area contributed by atoms with Gasteiger partial charge in [-0.05, 0) is 78.4 Å². The predicted octanol–water partition coefficient (Wildman–Crippen LogP) is 4.68. The fourth-order valence-electron chi connectivity index (χ4n) is 2.97. The Bertz CT molecular complexity index is 1030. The fourth-order valence-corrected chi connectivity index (χ4v) is 3.27. The van der Waals surface area contributed by atoms with E-state index in [4.69, 9.17) is 4.42 Å². The maximum absolute atomic E-state index is 12.9. The SMILES string of the molecule is CN(C)CCc1ccc(NC(=O)c2ccccc2N(C)C(=O)c2ccc(Br)o2)cc1. The highest BCUT2D eigenvalue weighted by Crippen LogP contribution is 2.24. The van der Waals surface area contributed by atoms with Gasteiger partial charge in [0.15, 0.2) is 10.4 Å². The molecule has 0 saturated carbocycles. The van der Waals surface area contributed by atoms with Gasteiger partial charge in [0.25, 0.3) is 11.8 Å². The lowest BCUT2D eigenvalue weighted by atomic mass is 10.1. The van der Waals surface area contributed by atoms with Gasteiger partial charge in [0.05, 0.1) is 11.3 Å². The molecule has 1 aromatic heterocycles. The van der Waals surface area contributed by atoms with Crippen LogP contribution in [-0.2, 0) is 6.42 Å². The van der Waals surface area contributed by atoms with Gasteiger partial charge in [0.2, 0.25) is 0 Å². The van der Waals surface area contributed by atoms with Crippen LogP contribution in [-0.4, -0.2) is 44.4 Å². The highest BCUT2D eigenvalue weighted by atomic mass is 79.9. The number of nitrogens with one attached hydrogen (secondary N) is 1. The average molecular weight is 470 g/mol. The van der Waals surface area contributed by atoms with E-state index >= 15 is 0 Å². The number of benzene rings is 2. The van der Waals surface area contributed by atoms with E-state index in [1.165, 1.54) is 10.5 Å². The van der Waals surface area contributed by atoms with Crippen molar-refractivity contribution < 1.29 is 14.0 Å². The van der Waals surface area contributed by atoms with E-state index in [0.717, 1.165) is 13.0 Å². The summed E-state index contributed by atoms with van der Waals surface area (Å²) in [6.07, 6.45) is 0.944. The Morgan fingerprint density at radius 3 is 2.30 bits per heavy atom. The largest absolute Gasteiger partial charge is 0.444 e. The number of likely N-dealkylation sites (N-methyl/N-ethyl adjacent to an activating group) is 1. The molecule has 0 fully saturated rings. The zero-order valence-corrected chi connectivity index (χ0v) is 18.8. The van der Waals surface area contributed by atoms with Crippen molar-refractivity contribution in [2.75, 3.05) is 37.9 Å². The molecule has 1 N–H and O–H groups in total. The van der Waals surface area contributed by atoms with E-state index in [1.807, 2.05) is 38.4 Å². The molecule has 6 nitrogen and oxygen atoms in total. The van der Waals surface area contributed by atoms with Gasteiger partial charge in [-0.3, -0.25) is 9.59 Å². The summed E-state index contributed by atoms with van der Waals surface area (Å²) in [6.45, 7) is 0.964. The van der Waals surface area contributed by atoms with E-state index in [2.05, 4.69) is 26.1 Å². The Kier molecular flexibility index (Phi) is 7.07. The zero-order chi connectivity index (χ0) is 21.7. The topological polar surface area (TPSA) is 65.8 Å². The van der Waals surface area contributed by atoms with Crippen LogP contribution < -0.4 is 10.2 Å². The van der Waals surface area contributed by atoms with E-state index in [1.54, 1.807) is 43.4 Å². The Morgan fingerprint density at radius 1 is 0.967 bits per heavy atom. The number of nitrogens with zero attached hydrogens (tertiary/aromatic N) is 2. The summed E-state index contributed by atoms with van der Waals surface area (Å²) < 4.78 is 5.82. The molecule has 0 aliphatic carbocycles. The van der Waals surface area contributed by atoms with Crippen LogP contribution in [0, 0.1) is 0 Å². The molecule has 0 bridgehead atoms. The Hall–Kier alpha value is -2.90. The first-order valence-corrected chi connectivity index (χ1v) is 10.3. The molecule has 3 aromatic rings. The third-order valence-electron chi connectivity index (χ3n) is 4.66. The van der Waals surface area contributed by atoms with Crippen molar-refractivity contribution in [3.05, 3.63) is 82.2 Å². The summed E-state index contributed by atoms with van der Waals surface area (Å²) in [7, 11) is 5.70. The van der Waals surface area contributed by atoms with Gasteiger partial charge in [-0.15, -0.1) is 0 Å². The summed E-state index contributed by atoms with van der Waals surface area (Å²) in [5, 5.41) is 2.91. The highest BCUT2D eigenvalue weighted by molar-refractivity contribution is 9.10. The average Bonchev–Trinajstić information content (AvgIpc) is 3.18. The van der Waals surface area contributed by atoms with Crippen LogP contribution in [0.4, 0.5) is 11.4 Å². The van der Waals surface area contributed by atoms with Gasteiger partial charge in [-0.1, -0.05) is 24.3 Å². The van der Waals surface area contributed by atoms with Gasteiger partial charge < -0.3 is 19.5 Å². The lowest BCUT2D eigenvalue weighted by Gasteiger charge is -2.19. The number of para-hydroxylation sites is 1. The Morgan fingerprint density at radius 2 is 1.67 bits per heavy atom. The van der Waals surface area contributed by atoms with Crippen molar-refractivity contribution in [1.82, 2.24) is 4.90 Å². The molecule has 0 aliphatic rings. The van der Waals surface area contributed by atoms with Gasteiger partial charge >= 0.3 is 0 Å². The number of rotatable bonds is 7. The van der Waals surface area contributed by atoms with Crippen molar-refractivity contribution in [2.24, 2.45) is 0 Å². The standard InChI is InChI=1S/C23H24BrN3O3/c1-26(2)15-14-16-8-10-17(11-9-16)25-22(28)18-6-4-5-7-19(18)27(3)23(29)20-12-13-21(24)30-20/h4-13H,14-15H2,1-3H3,(H,25,28). The maximum atomic E-state index is 12.9. The first-order chi connectivity index (χ1) is 14.3. The third kappa shape index (κ3) is 5.37. The molecule has 30 heavy (non-hydrogen) atoms. The summed E-state index contributed by atoms with van der Waals surface area (Å²) in [5.41, 5.74) is 2.80. The number of amides is 2. The Labute approximate surface area is 184 Å². The summed E-state index contributed by atoms with van der Waals surface area (Å²) in [5.74, 6) is -0.439. The number of halogens is 1. The molecule has 2 amide bonds. The molecule has 0 radical (unpaired) electrons. The molecule has 0 spiro atoms. The van der Waals surface area contributed by atoms with E-state index < -0.39 is 0 Å². The van der Waals surface area contributed by atoms with Gasteiger partial charge in [0, 0.05) is 19.3 Å². The Balaban J connectivity index is 1.74. The molecule has 7 heteroatoms. The fraction of sp³-hybridized carbons (Fsp3) is 0.217. The van der Waals surface area contributed by atoms with Crippen molar-refractivity contribution in [2.45, 2.75) is 6.42 Å². The number of hydrogen-bond acceptors (Lipinski definition) is 4. The van der Waals surface area contributed by atoms with Crippen molar-refractivity contribution in [1.29, 1.82) is 0 Å². The second-order valence-electron chi connectivity index (χ2n) is 7.19. The van der Waals surface area contributed by atoms with Crippen molar-refractivity contribution in [3.63, 3.8) is 0 Å². The maximum Gasteiger partial charge on any atom is 0.293 e. The minimum absolute atomic E-state index is 0.188. The van der Waals surface area contributed by atoms with E-state index in [0.29, 0.717) is 21.6 Å². The number of carbonyl (C=O) groups excluding carboxylic acids is 2. The molecule has 0 saturated heterocycles. The molecule has 3 rings (SSSR count). The van der Waals surface area contributed by atoms with Gasteiger partial charge in [0.1, 0.15) is 0 Å². The molecular formula is C23H24BrN3O3. The number of furan rings is 1. The monoisotopic (exact) mass is 469 g/mol. The minimum atomic E-state index is -0.341. The van der Waals surface area contributed by atoms with Crippen LogP contribution in [0.1, 0.15) is 26.5 Å². The first-order valence-electron chi connectivity index (χ1n) is 9.52. The predicted molar refractivity (Wildman–Crippen MR) is 122 cm³/mol. The van der Waals surface area contributed by atoms with Crippen molar-refractivity contribution in [3.8, 4) is 0 Å². The smallest absolute Gasteiger partial charge is 0.293 e. The van der Waals surface area contributed by atoms with Crippen LogP contribution in [0.5, 0.6) is 0 Å². The molecule has 0 unspecified atom stereocenters. The van der Waals surface area contributed by atoms with Gasteiger partial charge in [-0.25, -0.2) is 0 Å². The summed E-state index contributed by atoms with van der Waals surface area (Å²) in [6, 6.07) is 18.0. The normalized spacial score (nSPS) is 10.8. The second-order valence-corrected chi connectivity index (χ2v) is 7.97. The van der Waals surface area contributed by atoms with Crippen LogP contribution in [0.2, 0.25) is 0 Å².